The first kappa shape index (κ1) is 14.8. The molecule has 0 aromatic heterocycles. The van der Waals surface area contributed by atoms with Crippen molar-refractivity contribution in [3.8, 4) is 11.8 Å². The van der Waals surface area contributed by atoms with Crippen LogP contribution in [0.15, 0.2) is 48.5 Å². The number of halogens is 1. The van der Waals surface area contributed by atoms with E-state index in [0.29, 0.717) is 17.7 Å². The SMILES string of the molecule is Cc1ccc(C#CC(=O)NCCc2ccccc2)cc1F. The Morgan fingerprint density at radius 3 is 2.67 bits per heavy atom. The van der Waals surface area contributed by atoms with Gasteiger partial charge in [0.05, 0.1) is 0 Å². The van der Waals surface area contributed by atoms with Gasteiger partial charge in [0.2, 0.25) is 0 Å². The van der Waals surface area contributed by atoms with Crippen molar-refractivity contribution in [3.63, 3.8) is 0 Å². The monoisotopic (exact) mass is 281 g/mol. The molecule has 0 aliphatic heterocycles. The molecule has 0 bridgehead atoms. The molecule has 106 valence electrons. The minimum atomic E-state index is -0.355. The third kappa shape index (κ3) is 4.77. The number of rotatable bonds is 3. The fourth-order valence-corrected chi connectivity index (χ4v) is 1.81. The molecule has 1 amide bonds. The number of aryl methyl sites for hydroxylation is 1. The van der Waals surface area contributed by atoms with Crippen molar-refractivity contribution in [2.75, 3.05) is 6.54 Å². The van der Waals surface area contributed by atoms with Crippen molar-refractivity contribution in [2.24, 2.45) is 0 Å². The first-order valence-electron chi connectivity index (χ1n) is 6.75. The van der Waals surface area contributed by atoms with Gasteiger partial charge in [-0.15, -0.1) is 0 Å². The zero-order chi connectivity index (χ0) is 15.1. The summed E-state index contributed by atoms with van der Waals surface area (Å²) in [5.41, 5.74) is 2.22. The predicted octanol–water partition coefficient (Wildman–Crippen LogP) is 2.84. The summed E-state index contributed by atoms with van der Waals surface area (Å²) in [6.45, 7) is 2.21. The van der Waals surface area contributed by atoms with Gasteiger partial charge in [0.25, 0.3) is 5.91 Å². The van der Waals surface area contributed by atoms with E-state index in [4.69, 9.17) is 0 Å². The summed E-state index contributed by atoms with van der Waals surface area (Å²) < 4.78 is 13.3. The molecule has 2 rings (SSSR count). The minimum Gasteiger partial charge on any atom is -0.345 e. The number of benzene rings is 2. The van der Waals surface area contributed by atoms with E-state index in [2.05, 4.69) is 17.2 Å². The number of nitrogens with one attached hydrogen (secondary N) is 1. The minimum absolute atomic E-state index is 0.314. The average molecular weight is 281 g/mol. The van der Waals surface area contributed by atoms with Crippen molar-refractivity contribution >= 4 is 5.91 Å². The van der Waals surface area contributed by atoms with Crippen molar-refractivity contribution in [2.45, 2.75) is 13.3 Å². The summed E-state index contributed by atoms with van der Waals surface area (Å²) in [7, 11) is 0. The Kier molecular flexibility index (Phi) is 5.11. The van der Waals surface area contributed by atoms with E-state index in [1.165, 1.54) is 6.07 Å². The normalized spacial score (nSPS) is 9.62. The Labute approximate surface area is 124 Å². The van der Waals surface area contributed by atoms with Crippen LogP contribution in [-0.4, -0.2) is 12.5 Å². The molecule has 2 aromatic rings. The molecule has 0 atom stereocenters. The molecule has 0 spiro atoms. The number of carbonyl (C=O) groups is 1. The predicted molar refractivity (Wildman–Crippen MR) is 81.2 cm³/mol. The third-order valence-corrected chi connectivity index (χ3v) is 3.03. The van der Waals surface area contributed by atoms with Gasteiger partial charge < -0.3 is 5.32 Å². The topological polar surface area (TPSA) is 29.1 Å². The van der Waals surface area contributed by atoms with Gasteiger partial charge in [-0.2, -0.15) is 0 Å². The Morgan fingerprint density at radius 2 is 1.95 bits per heavy atom. The highest BCUT2D eigenvalue weighted by molar-refractivity contribution is 5.94. The molecule has 0 saturated carbocycles. The Bertz CT molecular complexity index is 683. The molecule has 0 fully saturated rings. The third-order valence-electron chi connectivity index (χ3n) is 3.03. The zero-order valence-corrected chi connectivity index (χ0v) is 11.8. The van der Waals surface area contributed by atoms with Crippen LogP contribution in [-0.2, 0) is 11.2 Å². The molecule has 0 saturated heterocycles. The molecule has 0 heterocycles. The maximum Gasteiger partial charge on any atom is 0.296 e. The maximum absolute atomic E-state index is 13.3. The first-order chi connectivity index (χ1) is 10.1. The van der Waals surface area contributed by atoms with Crippen LogP contribution >= 0.6 is 0 Å². The van der Waals surface area contributed by atoms with E-state index in [1.807, 2.05) is 30.3 Å². The van der Waals surface area contributed by atoms with E-state index in [1.54, 1.807) is 19.1 Å². The second-order valence-electron chi connectivity index (χ2n) is 4.71. The van der Waals surface area contributed by atoms with Gasteiger partial charge in [-0.1, -0.05) is 42.3 Å². The molecule has 0 aliphatic carbocycles. The number of amides is 1. The molecule has 0 aliphatic rings. The van der Waals surface area contributed by atoms with E-state index in [0.717, 1.165) is 12.0 Å². The quantitative estimate of drug-likeness (QED) is 0.861. The average Bonchev–Trinajstić information content (AvgIpc) is 2.49. The van der Waals surface area contributed by atoms with Gasteiger partial charge in [-0.25, -0.2) is 4.39 Å². The molecule has 1 N–H and O–H groups in total. The van der Waals surface area contributed by atoms with E-state index in [9.17, 15) is 9.18 Å². The van der Waals surface area contributed by atoms with Gasteiger partial charge in [0, 0.05) is 18.0 Å². The molecular weight excluding hydrogens is 265 g/mol. The highest BCUT2D eigenvalue weighted by Crippen LogP contribution is 2.07. The van der Waals surface area contributed by atoms with Gasteiger partial charge >= 0.3 is 0 Å². The van der Waals surface area contributed by atoms with Crippen molar-refractivity contribution < 1.29 is 9.18 Å². The molecule has 2 aromatic carbocycles. The molecule has 2 nitrogen and oxygen atoms in total. The molecule has 3 heteroatoms. The van der Waals surface area contributed by atoms with Gasteiger partial charge in [0.1, 0.15) is 5.82 Å². The smallest absolute Gasteiger partial charge is 0.296 e. The lowest BCUT2D eigenvalue weighted by Crippen LogP contribution is -2.23. The lowest BCUT2D eigenvalue weighted by atomic mass is 10.1. The lowest BCUT2D eigenvalue weighted by molar-refractivity contribution is -0.115. The largest absolute Gasteiger partial charge is 0.345 e. The van der Waals surface area contributed by atoms with E-state index < -0.39 is 0 Å². The fraction of sp³-hybridized carbons (Fsp3) is 0.167. The Hall–Kier alpha value is -2.60. The summed E-state index contributed by atoms with van der Waals surface area (Å²) in [4.78, 5) is 11.6. The summed E-state index contributed by atoms with van der Waals surface area (Å²) in [6, 6.07) is 14.6. The van der Waals surface area contributed by atoms with Crippen LogP contribution in [0.25, 0.3) is 0 Å². The molecule has 0 unspecified atom stereocenters. The van der Waals surface area contributed by atoms with Crippen LogP contribution < -0.4 is 5.32 Å². The van der Waals surface area contributed by atoms with Gasteiger partial charge in [-0.3, -0.25) is 4.79 Å². The van der Waals surface area contributed by atoms with Crippen molar-refractivity contribution in [1.82, 2.24) is 5.32 Å². The van der Waals surface area contributed by atoms with Crippen LogP contribution in [0.4, 0.5) is 4.39 Å². The first-order valence-corrected chi connectivity index (χ1v) is 6.75. The summed E-state index contributed by atoms with van der Waals surface area (Å²) >= 11 is 0. The van der Waals surface area contributed by atoms with Crippen LogP contribution in [0.3, 0.4) is 0 Å². The van der Waals surface area contributed by atoms with E-state index in [-0.39, 0.29) is 11.7 Å². The number of carbonyl (C=O) groups excluding carboxylic acids is 1. The lowest BCUT2D eigenvalue weighted by Gasteiger charge is -2.01. The van der Waals surface area contributed by atoms with Gasteiger partial charge in [0.15, 0.2) is 0 Å². The van der Waals surface area contributed by atoms with Crippen molar-refractivity contribution in [3.05, 3.63) is 71.0 Å². The summed E-state index contributed by atoms with van der Waals surface area (Å²) in [5, 5.41) is 2.72. The number of hydrogen-bond donors (Lipinski definition) is 1. The maximum atomic E-state index is 13.3. The van der Waals surface area contributed by atoms with Crippen LogP contribution in [0.1, 0.15) is 16.7 Å². The van der Waals surface area contributed by atoms with E-state index >= 15 is 0 Å². The van der Waals surface area contributed by atoms with Crippen LogP contribution in [0, 0.1) is 24.6 Å². The highest BCUT2D eigenvalue weighted by Gasteiger charge is 1.98. The van der Waals surface area contributed by atoms with Crippen LogP contribution in [0.5, 0.6) is 0 Å². The standard InChI is InChI=1S/C18H16FNO/c1-14-7-8-16(13-17(14)19)9-10-18(21)20-12-11-15-5-3-2-4-6-15/h2-8,13H,11-12H2,1H3,(H,20,21). The molecule has 0 radical (unpaired) electrons. The Balaban J connectivity index is 1.85. The zero-order valence-electron chi connectivity index (χ0n) is 11.8. The molecular formula is C18H16FNO. The highest BCUT2D eigenvalue weighted by atomic mass is 19.1. The molecule has 21 heavy (non-hydrogen) atoms. The number of hydrogen-bond acceptors (Lipinski definition) is 1. The summed E-state index contributed by atoms with van der Waals surface area (Å²) in [5.74, 6) is 4.46. The fourth-order valence-electron chi connectivity index (χ4n) is 1.81. The second-order valence-corrected chi connectivity index (χ2v) is 4.71. The second kappa shape index (κ2) is 7.25. The summed E-state index contributed by atoms with van der Waals surface area (Å²) in [6.07, 6.45) is 0.757. The van der Waals surface area contributed by atoms with Crippen LogP contribution in [0.2, 0.25) is 0 Å². The van der Waals surface area contributed by atoms with Gasteiger partial charge in [-0.05, 0) is 36.6 Å². The van der Waals surface area contributed by atoms with Crippen molar-refractivity contribution in [1.29, 1.82) is 0 Å². The Morgan fingerprint density at radius 1 is 1.19 bits per heavy atom.